The van der Waals surface area contributed by atoms with Crippen LogP contribution in [0.3, 0.4) is 0 Å². The average Bonchev–Trinajstić information content (AvgIpc) is 2.36. The number of carbonyl (C=O) groups is 2. The van der Waals surface area contributed by atoms with Crippen molar-refractivity contribution in [3.8, 4) is 5.75 Å². The standard InChI is InChI=1S/C15H22N2O5/c1-15(2,3)22-14(20)17-10-5-6-12(21-4)9(7-10)8-11(16)13(18)19/h5-7,11H,8,16H2,1-4H3,(H,17,20)(H,18,19). The molecule has 1 rings (SSSR count). The molecule has 1 aromatic carbocycles. The Bertz CT molecular complexity index is 551. The summed E-state index contributed by atoms with van der Waals surface area (Å²) in [5.41, 5.74) is 6.00. The van der Waals surface area contributed by atoms with Gasteiger partial charge in [0, 0.05) is 12.1 Å². The fourth-order valence-electron chi connectivity index (χ4n) is 1.76. The van der Waals surface area contributed by atoms with Crippen LogP contribution in [0.5, 0.6) is 5.75 Å². The smallest absolute Gasteiger partial charge is 0.412 e. The Kier molecular flexibility index (Phi) is 5.76. The van der Waals surface area contributed by atoms with Crippen molar-refractivity contribution in [2.45, 2.75) is 38.8 Å². The van der Waals surface area contributed by atoms with E-state index in [4.69, 9.17) is 20.3 Å². The number of amides is 1. The van der Waals surface area contributed by atoms with Gasteiger partial charge in [0.15, 0.2) is 0 Å². The molecule has 1 amide bonds. The summed E-state index contributed by atoms with van der Waals surface area (Å²) in [6.45, 7) is 5.29. The number of hydrogen-bond acceptors (Lipinski definition) is 5. The molecule has 1 aromatic rings. The number of hydrogen-bond donors (Lipinski definition) is 3. The maximum absolute atomic E-state index is 11.7. The van der Waals surface area contributed by atoms with Gasteiger partial charge >= 0.3 is 12.1 Å². The molecule has 0 bridgehead atoms. The molecule has 0 heterocycles. The molecule has 0 aliphatic rings. The summed E-state index contributed by atoms with van der Waals surface area (Å²) in [4.78, 5) is 22.6. The highest BCUT2D eigenvalue weighted by Gasteiger charge is 2.18. The number of anilines is 1. The lowest BCUT2D eigenvalue weighted by Gasteiger charge is -2.20. The van der Waals surface area contributed by atoms with E-state index in [0.717, 1.165) is 0 Å². The molecule has 122 valence electrons. The molecule has 0 radical (unpaired) electrons. The quantitative estimate of drug-likeness (QED) is 0.767. The van der Waals surface area contributed by atoms with E-state index in [1.807, 2.05) is 0 Å². The van der Waals surface area contributed by atoms with Gasteiger partial charge in [-0.3, -0.25) is 10.1 Å². The third-order valence-electron chi connectivity index (χ3n) is 2.68. The predicted octanol–water partition coefficient (Wildman–Crippen LogP) is 2.00. The van der Waals surface area contributed by atoms with Crippen molar-refractivity contribution < 1.29 is 24.2 Å². The predicted molar refractivity (Wildman–Crippen MR) is 82.2 cm³/mol. The summed E-state index contributed by atoms with van der Waals surface area (Å²) in [6.07, 6.45) is -0.506. The van der Waals surface area contributed by atoms with Crippen LogP contribution in [0.25, 0.3) is 0 Å². The van der Waals surface area contributed by atoms with Gasteiger partial charge in [-0.1, -0.05) is 0 Å². The van der Waals surface area contributed by atoms with E-state index in [1.165, 1.54) is 7.11 Å². The van der Waals surface area contributed by atoms with Crippen molar-refractivity contribution in [2.24, 2.45) is 5.73 Å². The SMILES string of the molecule is COc1ccc(NC(=O)OC(C)(C)C)cc1CC(N)C(=O)O. The molecule has 0 aliphatic carbocycles. The zero-order valence-electron chi connectivity index (χ0n) is 13.2. The van der Waals surface area contributed by atoms with E-state index in [-0.39, 0.29) is 6.42 Å². The van der Waals surface area contributed by atoms with Crippen LogP contribution in [-0.2, 0) is 16.0 Å². The lowest BCUT2D eigenvalue weighted by molar-refractivity contribution is -0.138. The Balaban J connectivity index is 2.90. The van der Waals surface area contributed by atoms with Crippen molar-refractivity contribution in [1.29, 1.82) is 0 Å². The highest BCUT2D eigenvalue weighted by Crippen LogP contribution is 2.24. The first-order valence-corrected chi connectivity index (χ1v) is 6.77. The Hall–Kier alpha value is -2.28. The van der Waals surface area contributed by atoms with E-state index in [0.29, 0.717) is 17.0 Å². The van der Waals surface area contributed by atoms with E-state index >= 15 is 0 Å². The number of carboxylic acids is 1. The first-order valence-electron chi connectivity index (χ1n) is 6.77. The minimum Gasteiger partial charge on any atom is -0.496 e. The number of nitrogens with two attached hydrogens (primary N) is 1. The Labute approximate surface area is 129 Å². The third-order valence-corrected chi connectivity index (χ3v) is 2.68. The van der Waals surface area contributed by atoms with E-state index < -0.39 is 23.7 Å². The van der Waals surface area contributed by atoms with Crippen molar-refractivity contribution in [3.05, 3.63) is 23.8 Å². The van der Waals surface area contributed by atoms with E-state index in [2.05, 4.69) is 5.32 Å². The lowest BCUT2D eigenvalue weighted by atomic mass is 10.0. The van der Waals surface area contributed by atoms with E-state index in [1.54, 1.807) is 39.0 Å². The molecule has 1 unspecified atom stereocenters. The highest BCUT2D eigenvalue weighted by atomic mass is 16.6. The number of nitrogens with one attached hydrogen (secondary N) is 1. The maximum atomic E-state index is 11.7. The molecular formula is C15H22N2O5. The molecule has 7 nitrogen and oxygen atoms in total. The molecule has 0 fully saturated rings. The largest absolute Gasteiger partial charge is 0.496 e. The summed E-state index contributed by atoms with van der Waals surface area (Å²) in [7, 11) is 1.48. The van der Waals surface area contributed by atoms with Gasteiger partial charge in [0.1, 0.15) is 17.4 Å². The first kappa shape index (κ1) is 17.8. The summed E-state index contributed by atoms with van der Waals surface area (Å²) >= 11 is 0. The molecule has 7 heteroatoms. The van der Waals surface area contributed by atoms with Crippen LogP contribution in [0, 0.1) is 0 Å². The van der Waals surface area contributed by atoms with Crippen molar-refractivity contribution in [2.75, 3.05) is 12.4 Å². The molecule has 0 saturated heterocycles. The third kappa shape index (κ3) is 5.61. The number of carbonyl (C=O) groups excluding carboxylic acids is 1. The molecule has 0 aliphatic heterocycles. The second kappa shape index (κ2) is 7.13. The Morgan fingerprint density at radius 3 is 2.50 bits per heavy atom. The minimum atomic E-state index is -1.10. The second-order valence-corrected chi connectivity index (χ2v) is 5.80. The minimum absolute atomic E-state index is 0.0857. The molecular weight excluding hydrogens is 288 g/mol. The fourth-order valence-corrected chi connectivity index (χ4v) is 1.76. The van der Waals surface area contributed by atoms with Crippen LogP contribution >= 0.6 is 0 Å². The van der Waals surface area contributed by atoms with Crippen LogP contribution in [0.1, 0.15) is 26.3 Å². The number of ether oxygens (including phenoxy) is 2. The Morgan fingerprint density at radius 2 is 2.00 bits per heavy atom. The summed E-state index contributed by atoms with van der Waals surface area (Å²) in [6, 6.07) is 3.84. The average molecular weight is 310 g/mol. The fraction of sp³-hybridized carbons (Fsp3) is 0.467. The first-order chi connectivity index (χ1) is 10.1. The van der Waals surface area contributed by atoms with Gasteiger partial charge < -0.3 is 20.3 Å². The number of carboxylic acid groups (broad SMARTS) is 1. The number of aliphatic carboxylic acids is 1. The van der Waals surface area contributed by atoms with E-state index in [9.17, 15) is 9.59 Å². The lowest BCUT2D eigenvalue weighted by Crippen LogP contribution is -2.32. The molecule has 1 atom stereocenters. The van der Waals surface area contributed by atoms with Gasteiger partial charge in [-0.2, -0.15) is 0 Å². The summed E-state index contributed by atoms with van der Waals surface area (Å²) in [5.74, 6) is -0.598. The van der Waals surface area contributed by atoms with Gasteiger partial charge in [-0.15, -0.1) is 0 Å². The normalized spacial score (nSPS) is 12.4. The number of methoxy groups -OCH3 is 1. The van der Waals surface area contributed by atoms with Crippen LogP contribution in [0.2, 0.25) is 0 Å². The van der Waals surface area contributed by atoms with Crippen molar-refractivity contribution in [3.63, 3.8) is 0 Å². The zero-order valence-corrected chi connectivity index (χ0v) is 13.2. The zero-order chi connectivity index (χ0) is 16.9. The van der Waals surface area contributed by atoms with Crippen molar-refractivity contribution >= 4 is 17.7 Å². The highest BCUT2D eigenvalue weighted by molar-refractivity contribution is 5.85. The molecule has 0 aromatic heterocycles. The molecule has 22 heavy (non-hydrogen) atoms. The van der Waals surface area contributed by atoms with Gasteiger partial charge in [-0.25, -0.2) is 4.79 Å². The van der Waals surface area contributed by atoms with Crippen molar-refractivity contribution in [1.82, 2.24) is 0 Å². The topological polar surface area (TPSA) is 111 Å². The molecule has 4 N–H and O–H groups in total. The number of benzene rings is 1. The second-order valence-electron chi connectivity index (χ2n) is 5.80. The van der Waals surface area contributed by atoms with Crippen LogP contribution in [-0.4, -0.2) is 35.9 Å². The maximum Gasteiger partial charge on any atom is 0.412 e. The van der Waals surface area contributed by atoms with Gasteiger partial charge in [0.25, 0.3) is 0 Å². The molecule has 0 saturated carbocycles. The molecule has 0 spiro atoms. The number of rotatable bonds is 5. The van der Waals surface area contributed by atoms with Crippen LogP contribution in [0.15, 0.2) is 18.2 Å². The van der Waals surface area contributed by atoms with Gasteiger partial charge in [-0.05, 0) is 44.5 Å². The summed E-state index contributed by atoms with van der Waals surface area (Å²) < 4.78 is 10.3. The Morgan fingerprint density at radius 1 is 1.36 bits per heavy atom. The van der Waals surface area contributed by atoms with Gasteiger partial charge in [0.2, 0.25) is 0 Å². The van der Waals surface area contributed by atoms with Crippen LogP contribution in [0.4, 0.5) is 10.5 Å². The summed E-state index contributed by atoms with van der Waals surface area (Å²) in [5, 5.41) is 11.5. The monoisotopic (exact) mass is 310 g/mol. The van der Waals surface area contributed by atoms with Crippen LogP contribution < -0.4 is 15.8 Å². The van der Waals surface area contributed by atoms with Gasteiger partial charge in [0.05, 0.1) is 7.11 Å².